The third kappa shape index (κ3) is 4.30. The molecular weight excluding hydrogens is 252 g/mol. The van der Waals surface area contributed by atoms with Crippen LogP contribution in [0.1, 0.15) is 15.9 Å². The van der Waals surface area contributed by atoms with Gasteiger partial charge in [-0.25, -0.2) is 9.59 Å². The molecular formula is C12H14N2O5. The summed E-state index contributed by atoms with van der Waals surface area (Å²) in [6.07, 6.45) is 0. The number of primary amides is 1. The number of nitrogens with one attached hydrogen (secondary N) is 1. The Kier molecular flexibility index (Phi) is 4.87. The smallest absolute Gasteiger partial charge is 0.337 e. The molecule has 0 bridgehead atoms. The van der Waals surface area contributed by atoms with Gasteiger partial charge in [-0.15, -0.1) is 0 Å². The number of nitrogens with two attached hydrogens (primary N) is 1. The normalized spacial score (nSPS) is 9.58. The molecule has 0 aliphatic carbocycles. The zero-order valence-electron chi connectivity index (χ0n) is 10.6. The van der Waals surface area contributed by atoms with E-state index in [-0.39, 0.29) is 6.61 Å². The lowest BCUT2D eigenvalue weighted by molar-refractivity contribution is -0.121. The summed E-state index contributed by atoms with van der Waals surface area (Å²) in [6, 6.07) is 3.75. The highest BCUT2D eigenvalue weighted by atomic mass is 16.5. The highest BCUT2D eigenvalue weighted by molar-refractivity contribution is 5.94. The molecule has 3 amide bonds. The zero-order valence-corrected chi connectivity index (χ0v) is 10.6. The Morgan fingerprint density at radius 2 is 2.00 bits per heavy atom. The molecule has 0 unspecified atom stereocenters. The molecule has 19 heavy (non-hydrogen) atoms. The van der Waals surface area contributed by atoms with E-state index in [1.54, 1.807) is 19.1 Å². The Hall–Kier alpha value is -2.57. The second-order valence-corrected chi connectivity index (χ2v) is 3.67. The lowest BCUT2D eigenvalue weighted by Gasteiger charge is -2.09. The first kappa shape index (κ1) is 14.5. The van der Waals surface area contributed by atoms with Crippen LogP contribution in [0.5, 0.6) is 5.75 Å². The van der Waals surface area contributed by atoms with Gasteiger partial charge in [0.05, 0.1) is 12.7 Å². The van der Waals surface area contributed by atoms with E-state index in [0.29, 0.717) is 11.3 Å². The zero-order chi connectivity index (χ0) is 14.4. The van der Waals surface area contributed by atoms with Gasteiger partial charge in [-0.2, -0.15) is 0 Å². The molecule has 102 valence electrons. The van der Waals surface area contributed by atoms with Crippen molar-refractivity contribution in [2.75, 3.05) is 13.7 Å². The molecule has 1 rings (SSSR count). The maximum Gasteiger partial charge on any atom is 0.337 e. The van der Waals surface area contributed by atoms with E-state index in [1.165, 1.54) is 13.2 Å². The molecule has 1 aromatic carbocycles. The Labute approximate surface area is 109 Å². The number of imide groups is 1. The van der Waals surface area contributed by atoms with Crippen molar-refractivity contribution in [1.29, 1.82) is 0 Å². The predicted octanol–water partition coefficient (Wildman–Crippen LogP) is 0.355. The average molecular weight is 266 g/mol. The number of urea groups is 1. The number of amides is 3. The first-order valence-electron chi connectivity index (χ1n) is 5.35. The second kappa shape index (κ2) is 6.39. The molecule has 0 aliphatic rings. The van der Waals surface area contributed by atoms with Crippen molar-refractivity contribution < 1.29 is 23.9 Å². The van der Waals surface area contributed by atoms with Gasteiger partial charge in [0.1, 0.15) is 5.75 Å². The summed E-state index contributed by atoms with van der Waals surface area (Å²) < 4.78 is 9.78. The lowest BCUT2D eigenvalue weighted by atomic mass is 10.1. The van der Waals surface area contributed by atoms with Gasteiger partial charge in [0.15, 0.2) is 6.61 Å². The van der Waals surface area contributed by atoms with Gasteiger partial charge in [0.25, 0.3) is 5.91 Å². The Balaban J connectivity index is 2.75. The van der Waals surface area contributed by atoms with Gasteiger partial charge in [-0.3, -0.25) is 10.1 Å². The van der Waals surface area contributed by atoms with Crippen molar-refractivity contribution in [3.8, 4) is 5.75 Å². The van der Waals surface area contributed by atoms with E-state index in [4.69, 9.17) is 10.5 Å². The van der Waals surface area contributed by atoms with E-state index in [0.717, 1.165) is 5.56 Å². The van der Waals surface area contributed by atoms with Gasteiger partial charge < -0.3 is 15.2 Å². The average Bonchev–Trinajstić information content (AvgIpc) is 2.36. The monoisotopic (exact) mass is 266 g/mol. The third-order valence-corrected chi connectivity index (χ3v) is 2.23. The summed E-state index contributed by atoms with van der Waals surface area (Å²) in [5.41, 5.74) is 5.83. The molecule has 0 aromatic heterocycles. The van der Waals surface area contributed by atoms with E-state index < -0.39 is 17.9 Å². The number of aryl methyl sites for hydroxylation is 1. The predicted molar refractivity (Wildman–Crippen MR) is 65.7 cm³/mol. The molecule has 0 radical (unpaired) electrons. The number of carbonyl (C=O) groups is 3. The first-order chi connectivity index (χ1) is 8.93. The molecule has 0 saturated heterocycles. The summed E-state index contributed by atoms with van der Waals surface area (Å²) in [5.74, 6) is -0.829. The highest BCUT2D eigenvalue weighted by Crippen LogP contribution is 2.20. The van der Waals surface area contributed by atoms with Crippen LogP contribution in [0.15, 0.2) is 18.2 Å². The van der Waals surface area contributed by atoms with Crippen LogP contribution in [0.4, 0.5) is 4.79 Å². The van der Waals surface area contributed by atoms with Crippen LogP contribution in [-0.2, 0) is 9.53 Å². The molecule has 7 heteroatoms. The number of hydrogen-bond donors (Lipinski definition) is 2. The summed E-state index contributed by atoms with van der Waals surface area (Å²) in [6.45, 7) is 1.37. The number of carbonyl (C=O) groups excluding carboxylic acids is 3. The maximum absolute atomic E-state index is 11.3. The largest absolute Gasteiger partial charge is 0.483 e. The SMILES string of the molecule is COC(=O)c1ccc(C)c(OCC(=O)NC(N)=O)c1. The van der Waals surface area contributed by atoms with Crippen molar-refractivity contribution in [2.45, 2.75) is 6.92 Å². The van der Waals surface area contributed by atoms with Crippen LogP contribution < -0.4 is 15.8 Å². The van der Waals surface area contributed by atoms with Gasteiger partial charge in [-0.05, 0) is 24.6 Å². The summed E-state index contributed by atoms with van der Waals surface area (Å²) in [7, 11) is 1.27. The van der Waals surface area contributed by atoms with E-state index in [9.17, 15) is 14.4 Å². The van der Waals surface area contributed by atoms with Crippen LogP contribution in [-0.4, -0.2) is 31.6 Å². The van der Waals surface area contributed by atoms with E-state index in [2.05, 4.69) is 4.74 Å². The number of benzene rings is 1. The quantitative estimate of drug-likeness (QED) is 0.765. The van der Waals surface area contributed by atoms with Crippen molar-refractivity contribution >= 4 is 17.9 Å². The fraction of sp³-hybridized carbons (Fsp3) is 0.250. The Morgan fingerprint density at radius 1 is 1.32 bits per heavy atom. The molecule has 0 fully saturated rings. The van der Waals surface area contributed by atoms with Crippen LogP contribution >= 0.6 is 0 Å². The molecule has 0 heterocycles. The molecule has 0 saturated carbocycles. The van der Waals surface area contributed by atoms with Crippen LogP contribution in [0.25, 0.3) is 0 Å². The minimum absolute atomic E-state index is 0.304. The number of rotatable bonds is 4. The van der Waals surface area contributed by atoms with E-state index in [1.807, 2.05) is 5.32 Å². The second-order valence-electron chi connectivity index (χ2n) is 3.67. The number of hydrogen-bond acceptors (Lipinski definition) is 5. The van der Waals surface area contributed by atoms with Crippen molar-refractivity contribution in [3.63, 3.8) is 0 Å². The molecule has 0 spiro atoms. The van der Waals surface area contributed by atoms with Crippen LogP contribution in [0, 0.1) is 6.92 Å². The van der Waals surface area contributed by atoms with Crippen molar-refractivity contribution in [3.05, 3.63) is 29.3 Å². The Bertz CT molecular complexity index is 513. The minimum Gasteiger partial charge on any atom is -0.483 e. The number of esters is 1. The minimum atomic E-state index is -0.950. The fourth-order valence-corrected chi connectivity index (χ4v) is 1.32. The third-order valence-electron chi connectivity index (χ3n) is 2.23. The van der Waals surface area contributed by atoms with Crippen molar-refractivity contribution in [1.82, 2.24) is 5.32 Å². The number of methoxy groups -OCH3 is 1. The molecule has 0 atom stereocenters. The number of ether oxygens (including phenoxy) is 2. The standard InChI is InChI=1S/C12H14N2O5/c1-7-3-4-8(11(16)18-2)5-9(7)19-6-10(15)14-12(13)17/h3-5H,6H2,1-2H3,(H3,13,14,15,17). The van der Waals surface area contributed by atoms with E-state index >= 15 is 0 Å². The first-order valence-corrected chi connectivity index (χ1v) is 5.35. The lowest BCUT2D eigenvalue weighted by Crippen LogP contribution is -2.38. The highest BCUT2D eigenvalue weighted by Gasteiger charge is 2.11. The molecule has 3 N–H and O–H groups in total. The fourth-order valence-electron chi connectivity index (χ4n) is 1.32. The maximum atomic E-state index is 11.3. The van der Waals surface area contributed by atoms with Gasteiger partial charge in [-0.1, -0.05) is 6.07 Å². The summed E-state index contributed by atoms with van der Waals surface area (Å²) in [5, 5.41) is 1.86. The summed E-state index contributed by atoms with van der Waals surface area (Å²) >= 11 is 0. The van der Waals surface area contributed by atoms with Gasteiger partial charge >= 0.3 is 12.0 Å². The summed E-state index contributed by atoms with van der Waals surface area (Å²) in [4.78, 5) is 33.0. The molecule has 0 aliphatic heterocycles. The van der Waals surface area contributed by atoms with Crippen LogP contribution in [0.3, 0.4) is 0 Å². The van der Waals surface area contributed by atoms with Crippen molar-refractivity contribution in [2.24, 2.45) is 5.73 Å². The molecule has 1 aromatic rings. The van der Waals surface area contributed by atoms with Gasteiger partial charge in [0, 0.05) is 0 Å². The molecule has 7 nitrogen and oxygen atoms in total. The van der Waals surface area contributed by atoms with Gasteiger partial charge in [0.2, 0.25) is 0 Å². The Morgan fingerprint density at radius 3 is 2.58 bits per heavy atom. The topological polar surface area (TPSA) is 108 Å². The van der Waals surface area contributed by atoms with Crippen LogP contribution in [0.2, 0.25) is 0 Å².